The molecular weight excluding hydrogens is 235 g/mol. The van der Waals surface area contributed by atoms with Crippen molar-refractivity contribution < 1.29 is 18.7 Å². The van der Waals surface area contributed by atoms with E-state index >= 15 is 0 Å². The first-order chi connectivity index (χ1) is 8.29. The maximum atomic E-state index is 13.0. The normalized spacial score (nSPS) is 11.4. The third kappa shape index (κ3) is 4.84. The summed E-state index contributed by atoms with van der Waals surface area (Å²) in [5, 5.41) is 0. The van der Waals surface area contributed by atoms with Crippen LogP contribution in [0.4, 0.5) is 4.39 Å². The average molecular weight is 254 g/mol. The van der Waals surface area contributed by atoms with E-state index < -0.39 is 5.82 Å². The number of benzene rings is 1. The van der Waals surface area contributed by atoms with Crippen LogP contribution in [-0.4, -0.2) is 24.6 Å². The summed E-state index contributed by atoms with van der Waals surface area (Å²) in [7, 11) is 0. The van der Waals surface area contributed by atoms with E-state index in [9.17, 15) is 9.18 Å². The van der Waals surface area contributed by atoms with Crippen molar-refractivity contribution in [3.05, 3.63) is 29.6 Å². The number of ether oxygens (including phenoxy) is 2. The van der Waals surface area contributed by atoms with Gasteiger partial charge >= 0.3 is 0 Å². The predicted molar refractivity (Wildman–Crippen MR) is 67.6 cm³/mol. The van der Waals surface area contributed by atoms with E-state index in [1.54, 1.807) is 0 Å². The van der Waals surface area contributed by atoms with E-state index in [-0.39, 0.29) is 16.9 Å². The maximum Gasteiger partial charge on any atom is 0.163 e. The van der Waals surface area contributed by atoms with Gasteiger partial charge in [-0.3, -0.25) is 4.79 Å². The van der Waals surface area contributed by atoms with Gasteiger partial charge in [0, 0.05) is 0 Å². The second-order valence-corrected chi connectivity index (χ2v) is 5.01. The van der Waals surface area contributed by atoms with Crippen LogP contribution < -0.4 is 4.74 Å². The van der Waals surface area contributed by atoms with Crippen LogP contribution in [0.5, 0.6) is 5.75 Å². The van der Waals surface area contributed by atoms with Crippen LogP contribution in [0.2, 0.25) is 0 Å². The van der Waals surface area contributed by atoms with Gasteiger partial charge in [-0.25, -0.2) is 4.39 Å². The Morgan fingerprint density at radius 2 is 1.94 bits per heavy atom. The molecule has 1 rings (SSSR count). The summed E-state index contributed by atoms with van der Waals surface area (Å²) >= 11 is 0. The number of Topliss-reactive ketones (excluding diaryl/α,β-unsaturated/α-hetero) is 1. The lowest BCUT2D eigenvalue weighted by Crippen LogP contribution is -2.22. The fourth-order valence-corrected chi connectivity index (χ4v) is 1.40. The molecule has 4 heteroatoms. The molecule has 0 spiro atoms. The lowest BCUT2D eigenvalue weighted by molar-refractivity contribution is -0.0163. The molecule has 0 radical (unpaired) electrons. The molecule has 0 atom stereocenters. The molecular formula is C14H19FO3. The Hall–Kier alpha value is -1.42. The number of hydrogen-bond donors (Lipinski definition) is 0. The molecule has 0 aliphatic carbocycles. The molecule has 0 unspecified atom stereocenters. The molecule has 0 saturated heterocycles. The molecule has 1 aromatic carbocycles. The zero-order chi connectivity index (χ0) is 13.8. The van der Waals surface area contributed by atoms with Crippen LogP contribution in [0.1, 0.15) is 38.1 Å². The lowest BCUT2D eigenvalue weighted by Gasteiger charge is -2.19. The van der Waals surface area contributed by atoms with E-state index in [1.807, 2.05) is 20.8 Å². The van der Waals surface area contributed by atoms with Gasteiger partial charge in [-0.05, 0) is 45.9 Å². The summed E-state index contributed by atoms with van der Waals surface area (Å²) in [4.78, 5) is 11.3. The van der Waals surface area contributed by atoms with Gasteiger partial charge in [0.1, 0.15) is 18.2 Å². The maximum absolute atomic E-state index is 13.0. The molecule has 0 aliphatic heterocycles. The van der Waals surface area contributed by atoms with Crippen LogP contribution in [0.25, 0.3) is 0 Å². The molecule has 0 bridgehead atoms. The summed E-state index contributed by atoms with van der Waals surface area (Å²) < 4.78 is 23.9. The number of ketones is 1. The minimum atomic E-state index is -0.446. The number of carbonyl (C=O) groups excluding carboxylic acids is 1. The van der Waals surface area contributed by atoms with E-state index in [0.29, 0.717) is 19.0 Å². The van der Waals surface area contributed by atoms with Gasteiger partial charge in [-0.1, -0.05) is 0 Å². The third-order valence-corrected chi connectivity index (χ3v) is 2.20. The number of hydrogen-bond acceptors (Lipinski definition) is 3. The molecule has 3 nitrogen and oxygen atoms in total. The monoisotopic (exact) mass is 254 g/mol. The van der Waals surface area contributed by atoms with E-state index in [1.165, 1.54) is 25.1 Å². The van der Waals surface area contributed by atoms with Crippen molar-refractivity contribution >= 4 is 5.78 Å². The van der Waals surface area contributed by atoms with Gasteiger partial charge in [0.05, 0.1) is 17.8 Å². The van der Waals surface area contributed by atoms with Crippen molar-refractivity contribution in [1.29, 1.82) is 0 Å². The second-order valence-electron chi connectivity index (χ2n) is 5.01. The summed E-state index contributed by atoms with van der Waals surface area (Å²) in [5.41, 5.74) is 0.0287. The standard InChI is InChI=1S/C14H19FO3/c1-10(16)12-9-11(15)5-6-13(12)17-7-8-18-14(2,3)4/h5-6,9H,7-8H2,1-4H3. The zero-order valence-electron chi connectivity index (χ0n) is 11.2. The first kappa shape index (κ1) is 14.6. The van der Waals surface area contributed by atoms with Gasteiger partial charge < -0.3 is 9.47 Å². The highest BCUT2D eigenvalue weighted by Crippen LogP contribution is 2.20. The SMILES string of the molecule is CC(=O)c1cc(F)ccc1OCCOC(C)(C)C. The Labute approximate surface area is 107 Å². The highest BCUT2D eigenvalue weighted by molar-refractivity contribution is 5.96. The Morgan fingerprint density at radius 3 is 2.50 bits per heavy atom. The van der Waals surface area contributed by atoms with Gasteiger partial charge in [-0.2, -0.15) is 0 Å². The Bertz CT molecular complexity index is 422. The summed E-state index contributed by atoms with van der Waals surface area (Å²) in [6.45, 7) is 7.97. The van der Waals surface area contributed by atoms with Crippen LogP contribution >= 0.6 is 0 Å². The van der Waals surface area contributed by atoms with Crippen molar-refractivity contribution in [3.63, 3.8) is 0 Å². The topological polar surface area (TPSA) is 35.5 Å². The van der Waals surface area contributed by atoms with Crippen LogP contribution in [-0.2, 0) is 4.74 Å². The van der Waals surface area contributed by atoms with Crippen molar-refractivity contribution in [3.8, 4) is 5.75 Å². The van der Waals surface area contributed by atoms with Gasteiger partial charge in [-0.15, -0.1) is 0 Å². The first-order valence-corrected chi connectivity index (χ1v) is 5.87. The molecule has 0 aliphatic rings. The molecule has 1 aromatic rings. The minimum absolute atomic E-state index is 0.221. The number of halogens is 1. The van der Waals surface area contributed by atoms with E-state index in [4.69, 9.17) is 9.47 Å². The Kier molecular flexibility index (Phi) is 4.84. The second kappa shape index (κ2) is 5.96. The van der Waals surface area contributed by atoms with E-state index in [0.717, 1.165) is 0 Å². The van der Waals surface area contributed by atoms with Crippen LogP contribution in [0.15, 0.2) is 18.2 Å². The Morgan fingerprint density at radius 1 is 1.28 bits per heavy atom. The molecule has 0 saturated carbocycles. The molecule has 100 valence electrons. The summed E-state index contributed by atoms with van der Waals surface area (Å²) in [6, 6.07) is 3.91. The minimum Gasteiger partial charge on any atom is -0.490 e. The van der Waals surface area contributed by atoms with Crippen LogP contribution in [0.3, 0.4) is 0 Å². The number of carbonyl (C=O) groups is 1. The number of rotatable bonds is 5. The van der Waals surface area contributed by atoms with Gasteiger partial charge in [0.15, 0.2) is 5.78 Å². The fraction of sp³-hybridized carbons (Fsp3) is 0.500. The van der Waals surface area contributed by atoms with Crippen molar-refractivity contribution in [2.24, 2.45) is 0 Å². The van der Waals surface area contributed by atoms with E-state index in [2.05, 4.69) is 0 Å². The van der Waals surface area contributed by atoms with Crippen molar-refractivity contribution in [2.45, 2.75) is 33.3 Å². The smallest absolute Gasteiger partial charge is 0.163 e. The summed E-state index contributed by atoms with van der Waals surface area (Å²) in [6.07, 6.45) is 0. The first-order valence-electron chi connectivity index (χ1n) is 5.87. The van der Waals surface area contributed by atoms with Crippen LogP contribution in [0, 0.1) is 5.82 Å². The Balaban J connectivity index is 2.59. The average Bonchev–Trinajstić information content (AvgIpc) is 2.24. The molecule has 0 aromatic heterocycles. The molecule has 0 heterocycles. The van der Waals surface area contributed by atoms with Gasteiger partial charge in [0.25, 0.3) is 0 Å². The predicted octanol–water partition coefficient (Wildman–Crippen LogP) is 3.22. The van der Waals surface area contributed by atoms with Crippen molar-refractivity contribution in [1.82, 2.24) is 0 Å². The highest BCUT2D eigenvalue weighted by atomic mass is 19.1. The third-order valence-electron chi connectivity index (χ3n) is 2.20. The summed E-state index contributed by atoms with van der Waals surface area (Å²) in [5.74, 6) is -0.277. The zero-order valence-corrected chi connectivity index (χ0v) is 11.2. The highest BCUT2D eigenvalue weighted by Gasteiger charge is 2.12. The largest absolute Gasteiger partial charge is 0.490 e. The molecule has 0 N–H and O–H groups in total. The van der Waals surface area contributed by atoms with Crippen molar-refractivity contribution in [2.75, 3.05) is 13.2 Å². The molecule has 0 fully saturated rings. The lowest BCUT2D eigenvalue weighted by atomic mass is 10.1. The molecule has 0 amide bonds. The molecule has 18 heavy (non-hydrogen) atoms. The van der Waals surface area contributed by atoms with Gasteiger partial charge in [0.2, 0.25) is 0 Å². The quantitative estimate of drug-likeness (QED) is 0.598. The fourth-order valence-electron chi connectivity index (χ4n) is 1.40.